The Hall–Kier alpha value is -1.84. The van der Waals surface area contributed by atoms with Gasteiger partial charge in [-0.3, -0.25) is 4.79 Å². The molecule has 0 fully saturated rings. The summed E-state index contributed by atoms with van der Waals surface area (Å²) in [4.78, 5) is 17.1. The summed E-state index contributed by atoms with van der Waals surface area (Å²) >= 11 is 3.12. The summed E-state index contributed by atoms with van der Waals surface area (Å²) in [7, 11) is 0. The fraction of sp³-hybridized carbons (Fsp3) is 0.143. The lowest BCUT2D eigenvalue weighted by atomic mass is 10.1. The molecule has 4 nitrogen and oxygen atoms in total. The van der Waals surface area contributed by atoms with Crippen molar-refractivity contribution in [2.45, 2.75) is 6.92 Å². The molecule has 2 heterocycles. The molecule has 1 amide bonds. The quantitative estimate of drug-likeness (QED) is 0.661. The van der Waals surface area contributed by atoms with Crippen LogP contribution in [-0.4, -0.2) is 17.1 Å². The van der Waals surface area contributed by atoms with Gasteiger partial charge in [0, 0.05) is 16.7 Å². The van der Waals surface area contributed by atoms with Crippen LogP contribution in [0.4, 0.5) is 5.82 Å². The summed E-state index contributed by atoms with van der Waals surface area (Å²) in [5.74, 6) is 0.171. The summed E-state index contributed by atoms with van der Waals surface area (Å²) in [6, 6.07) is 5.53. The average molecular weight is 303 g/mol. The molecule has 0 atom stereocenters. The van der Waals surface area contributed by atoms with Crippen molar-refractivity contribution < 1.29 is 4.79 Å². The van der Waals surface area contributed by atoms with E-state index in [0.29, 0.717) is 11.4 Å². The van der Waals surface area contributed by atoms with Crippen LogP contribution in [0, 0.1) is 11.3 Å². The number of H-pyrrole nitrogens is 1. The molecule has 20 heavy (non-hydrogen) atoms. The Kier molecular flexibility index (Phi) is 4.77. The number of rotatable bonds is 3. The Morgan fingerprint density at radius 2 is 2.35 bits per heavy atom. The standard InChI is InChI=1S/C14H13N3OS2/c1-9-6-10(12(19-2)8-20-9)11(7-15)14(18)17-13-4-3-5-16-13/h3-6,8,16H,1-2H3,(H,17,18)/b11-10+. The molecule has 0 aliphatic carbocycles. The largest absolute Gasteiger partial charge is 0.348 e. The fourth-order valence-electron chi connectivity index (χ4n) is 1.70. The van der Waals surface area contributed by atoms with Crippen LogP contribution >= 0.6 is 23.5 Å². The molecule has 0 saturated heterocycles. The Morgan fingerprint density at radius 3 is 2.95 bits per heavy atom. The van der Waals surface area contributed by atoms with E-state index in [1.165, 1.54) is 11.8 Å². The molecular weight excluding hydrogens is 290 g/mol. The highest BCUT2D eigenvalue weighted by Gasteiger charge is 2.19. The highest BCUT2D eigenvalue weighted by Crippen LogP contribution is 2.36. The van der Waals surface area contributed by atoms with Gasteiger partial charge in [-0.1, -0.05) is 0 Å². The van der Waals surface area contributed by atoms with Crippen molar-refractivity contribution in [2.24, 2.45) is 0 Å². The SMILES string of the molecule is CSC1=CSC(C)=C/C1=C(/C#N)C(=O)Nc1ccc[nH]1. The first-order valence-corrected chi connectivity index (χ1v) is 7.94. The van der Waals surface area contributed by atoms with Crippen molar-refractivity contribution in [3.05, 3.63) is 50.8 Å². The van der Waals surface area contributed by atoms with Crippen molar-refractivity contribution in [1.29, 1.82) is 5.26 Å². The van der Waals surface area contributed by atoms with Gasteiger partial charge in [-0.05, 0) is 41.7 Å². The van der Waals surface area contributed by atoms with Gasteiger partial charge in [0.25, 0.3) is 5.91 Å². The number of aromatic amines is 1. The fourth-order valence-corrected chi connectivity index (χ4v) is 3.21. The summed E-state index contributed by atoms with van der Waals surface area (Å²) in [5, 5.41) is 14.0. The van der Waals surface area contributed by atoms with Gasteiger partial charge in [-0.15, -0.1) is 23.5 Å². The van der Waals surface area contributed by atoms with Crippen molar-refractivity contribution >= 4 is 35.2 Å². The number of allylic oxidation sites excluding steroid dienone is 3. The Labute approximate surface area is 126 Å². The van der Waals surface area contributed by atoms with E-state index in [4.69, 9.17) is 0 Å². The minimum Gasteiger partial charge on any atom is -0.348 e. The maximum Gasteiger partial charge on any atom is 0.268 e. The zero-order chi connectivity index (χ0) is 14.5. The minimum absolute atomic E-state index is 0.125. The van der Waals surface area contributed by atoms with Crippen LogP contribution < -0.4 is 5.32 Å². The number of carbonyl (C=O) groups excluding carboxylic acids is 1. The maximum atomic E-state index is 12.2. The lowest BCUT2D eigenvalue weighted by molar-refractivity contribution is -0.112. The normalized spacial score (nSPS) is 16.9. The predicted molar refractivity (Wildman–Crippen MR) is 85.0 cm³/mol. The Morgan fingerprint density at radius 1 is 1.55 bits per heavy atom. The van der Waals surface area contributed by atoms with E-state index < -0.39 is 5.91 Å². The predicted octanol–water partition coefficient (Wildman–Crippen LogP) is 3.63. The molecule has 1 aromatic heterocycles. The highest BCUT2D eigenvalue weighted by atomic mass is 32.2. The Balaban J connectivity index is 2.36. The number of hydrogen-bond acceptors (Lipinski definition) is 4. The molecule has 2 rings (SSSR count). The lowest BCUT2D eigenvalue weighted by Crippen LogP contribution is -2.16. The summed E-state index contributed by atoms with van der Waals surface area (Å²) < 4.78 is 0. The number of anilines is 1. The molecule has 0 aromatic carbocycles. The smallest absolute Gasteiger partial charge is 0.268 e. The van der Waals surface area contributed by atoms with Crippen LogP contribution in [-0.2, 0) is 4.79 Å². The van der Waals surface area contributed by atoms with Crippen LogP contribution in [0.5, 0.6) is 0 Å². The lowest BCUT2D eigenvalue weighted by Gasteiger charge is -2.14. The number of amides is 1. The summed E-state index contributed by atoms with van der Waals surface area (Å²) in [5.41, 5.74) is 0.806. The van der Waals surface area contributed by atoms with E-state index >= 15 is 0 Å². The van der Waals surface area contributed by atoms with E-state index in [1.54, 1.807) is 30.1 Å². The molecule has 1 aliphatic rings. The molecule has 2 N–H and O–H groups in total. The molecule has 0 radical (unpaired) electrons. The number of hydrogen-bond donors (Lipinski definition) is 2. The molecule has 0 unspecified atom stereocenters. The summed E-state index contributed by atoms with van der Waals surface area (Å²) in [6.45, 7) is 1.95. The zero-order valence-electron chi connectivity index (χ0n) is 11.1. The van der Waals surface area contributed by atoms with Gasteiger partial charge < -0.3 is 10.3 Å². The zero-order valence-corrected chi connectivity index (χ0v) is 12.7. The number of nitrogens with zero attached hydrogens (tertiary/aromatic N) is 1. The third-order valence-corrected chi connectivity index (χ3v) is 4.41. The van der Waals surface area contributed by atoms with E-state index in [0.717, 1.165) is 9.81 Å². The molecular formula is C14H13N3OS2. The molecule has 0 spiro atoms. The second-order valence-corrected chi connectivity index (χ2v) is 5.96. The molecule has 1 aromatic rings. The van der Waals surface area contributed by atoms with Gasteiger partial charge in [0.2, 0.25) is 0 Å². The van der Waals surface area contributed by atoms with Gasteiger partial charge >= 0.3 is 0 Å². The second kappa shape index (κ2) is 6.55. The number of carbonyl (C=O) groups is 1. The van der Waals surface area contributed by atoms with Gasteiger partial charge in [0.15, 0.2) is 0 Å². The van der Waals surface area contributed by atoms with E-state index in [1.807, 2.05) is 30.7 Å². The van der Waals surface area contributed by atoms with Gasteiger partial charge in [-0.2, -0.15) is 5.26 Å². The third kappa shape index (κ3) is 3.18. The van der Waals surface area contributed by atoms with Crippen molar-refractivity contribution in [3.63, 3.8) is 0 Å². The van der Waals surface area contributed by atoms with Crippen LogP contribution in [0.1, 0.15) is 6.92 Å². The highest BCUT2D eigenvalue weighted by molar-refractivity contribution is 8.08. The average Bonchev–Trinajstić information content (AvgIpc) is 2.93. The van der Waals surface area contributed by atoms with E-state index in [9.17, 15) is 10.1 Å². The van der Waals surface area contributed by atoms with Gasteiger partial charge in [0.05, 0.1) is 0 Å². The molecule has 0 saturated carbocycles. The van der Waals surface area contributed by atoms with Crippen LogP contribution in [0.25, 0.3) is 0 Å². The molecule has 6 heteroatoms. The van der Waals surface area contributed by atoms with Crippen LogP contribution in [0.2, 0.25) is 0 Å². The number of nitriles is 1. The van der Waals surface area contributed by atoms with Crippen LogP contribution in [0.3, 0.4) is 0 Å². The molecule has 0 bridgehead atoms. The number of aromatic nitrogens is 1. The van der Waals surface area contributed by atoms with E-state index in [-0.39, 0.29) is 5.57 Å². The van der Waals surface area contributed by atoms with Crippen molar-refractivity contribution in [1.82, 2.24) is 4.98 Å². The van der Waals surface area contributed by atoms with Gasteiger partial charge in [-0.25, -0.2) is 0 Å². The van der Waals surface area contributed by atoms with Crippen molar-refractivity contribution in [3.8, 4) is 6.07 Å². The number of thioether (sulfide) groups is 2. The van der Waals surface area contributed by atoms with E-state index in [2.05, 4.69) is 10.3 Å². The first-order chi connectivity index (χ1) is 9.65. The second-order valence-electron chi connectivity index (χ2n) is 4.00. The van der Waals surface area contributed by atoms with Crippen LogP contribution in [0.15, 0.2) is 50.8 Å². The first kappa shape index (κ1) is 14.6. The minimum atomic E-state index is -0.402. The maximum absolute atomic E-state index is 12.2. The third-order valence-electron chi connectivity index (χ3n) is 2.64. The first-order valence-electron chi connectivity index (χ1n) is 5.84. The number of nitrogens with one attached hydrogen (secondary N) is 2. The summed E-state index contributed by atoms with van der Waals surface area (Å²) in [6.07, 6.45) is 5.52. The molecule has 1 aliphatic heterocycles. The molecule has 102 valence electrons. The van der Waals surface area contributed by atoms with Gasteiger partial charge in [0.1, 0.15) is 17.5 Å². The van der Waals surface area contributed by atoms with Crippen molar-refractivity contribution in [2.75, 3.05) is 11.6 Å². The Bertz CT molecular complexity index is 648. The monoisotopic (exact) mass is 303 g/mol. The topological polar surface area (TPSA) is 68.7 Å².